The van der Waals surface area contributed by atoms with Gasteiger partial charge in [0, 0.05) is 38.1 Å². The standard InChI is InChI=1S/C19H33N3O2/c23-18(21-12-6-1-2-7-13-21)16-10-14-22(15-11-16)19(24)20-17-8-4-3-5-9-17/h16-17H,1-15H2,(H,20,24). The quantitative estimate of drug-likeness (QED) is 0.843. The summed E-state index contributed by atoms with van der Waals surface area (Å²) in [6, 6.07) is 0.449. The first-order valence-electron chi connectivity index (χ1n) is 10.1. The van der Waals surface area contributed by atoms with Gasteiger partial charge in [-0.1, -0.05) is 32.1 Å². The molecule has 24 heavy (non-hydrogen) atoms. The van der Waals surface area contributed by atoms with Crippen LogP contribution in [0.15, 0.2) is 0 Å². The van der Waals surface area contributed by atoms with Crippen molar-refractivity contribution in [2.45, 2.75) is 76.7 Å². The normalized spacial score (nSPS) is 24.5. The molecule has 3 fully saturated rings. The Labute approximate surface area is 146 Å². The van der Waals surface area contributed by atoms with E-state index in [1.807, 2.05) is 4.90 Å². The molecule has 5 nitrogen and oxygen atoms in total. The highest BCUT2D eigenvalue weighted by Gasteiger charge is 2.31. The van der Waals surface area contributed by atoms with Gasteiger partial charge in [0.1, 0.15) is 0 Å². The Morgan fingerprint density at radius 3 is 1.88 bits per heavy atom. The molecule has 1 N–H and O–H groups in total. The fourth-order valence-electron chi connectivity index (χ4n) is 4.39. The summed E-state index contributed by atoms with van der Waals surface area (Å²) in [5.74, 6) is 0.464. The molecule has 3 rings (SSSR count). The monoisotopic (exact) mass is 335 g/mol. The van der Waals surface area contributed by atoms with Gasteiger partial charge in [0.15, 0.2) is 0 Å². The van der Waals surface area contributed by atoms with Crippen LogP contribution in [0, 0.1) is 5.92 Å². The van der Waals surface area contributed by atoms with Gasteiger partial charge in [-0.05, 0) is 38.5 Å². The number of urea groups is 1. The van der Waals surface area contributed by atoms with Gasteiger partial charge in [-0.25, -0.2) is 4.79 Å². The molecule has 0 spiro atoms. The number of hydrogen-bond acceptors (Lipinski definition) is 2. The largest absolute Gasteiger partial charge is 0.342 e. The van der Waals surface area contributed by atoms with Crippen molar-refractivity contribution in [2.75, 3.05) is 26.2 Å². The Hall–Kier alpha value is -1.26. The molecule has 0 aromatic rings. The van der Waals surface area contributed by atoms with E-state index >= 15 is 0 Å². The SMILES string of the molecule is O=C(NC1CCCCC1)N1CCC(C(=O)N2CCCCCC2)CC1. The minimum atomic E-state index is 0.0857. The number of rotatable bonds is 2. The lowest BCUT2D eigenvalue weighted by molar-refractivity contribution is -0.136. The van der Waals surface area contributed by atoms with E-state index in [4.69, 9.17) is 0 Å². The third kappa shape index (κ3) is 4.64. The molecule has 2 heterocycles. The van der Waals surface area contributed by atoms with Gasteiger partial charge in [-0.15, -0.1) is 0 Å². The van der Waals surface area contributed by atoms with Crippen LogP contribution in [0.4, 0.5) is 4.79 Å². The van der Waals surface area contributed by atoms with Crippen molar-refractivity contribution in [3.8, 4) is 0 Å². The van der Waals surface area contributed by atoms with Crippen molar-refractivity contribution in [3.63, 3.8) is 0 Å². The van der Waals surface area contributed by atoms with E-state index < -0.39 is 0 Å². The van der Waals surface area contributed by atoms with Gasteiger partial charge in [0.05, 0.1) is 0 Å². The highest BCUT2D eigenvalue weighted by molar-refractivity contribution is 5.80. The minimum absolute atomic E-state index is 0.0857. The Bertz CT molecular complexity index is 418. The van der Waals surface area contributed by atoms with Crippen LogP contribution in [-0.2, 0) is 4.79 Å². The number of nitrogens with one attached hydrogen (secondary N) is 1. The summed E-state index contributed by atoms with van der Waals surface area (Å²) in [7, 11) is 0. The second kappa shape index (κ2) is 8.72. The minimum Gasteiger partial charge on any atom is -0.342 e. The summed E-state index contributed by atoms with van der Waals surface area (Å²) in [6.07, 6.45) is 12.5. The van der Waals surface area contributed by atoms with Crippen LogP contribution in [0.5, 0.6) is 0 Å². The third-order valence-electron chi connectivity index (χ3n) is 5.98. The fourth-order valence-corrected chi connectivity index (χ4v) is 4.39. The summed E-state index contributed by atoms with van der Waals surface area (Å²) in [5, 5.41) is 3.20. The maximum absolute atomic E-state index is 12.7. The molecule has 136 valence electrons. The van der Waals surface area contributed by atoms with E-state index in [9.17, 15) is 9.59 Å². The molecule has 2 aliphatic heterocycles. The summed E-state index contributed by atoms with van der Waals surface area (Å²) in [6.45, 7) is 3.31. The predicted molar refractivity (Wildman–Crippen MR) is 94.7 cm³/mol. The first-order chi connectivity index (χ1) is 11.7. The first kappa shape index (κ1) is 17.6. The second-order valence-electron chi connectivity index (χ2n) is 7.79. The van der Waals surface area contributed by atoms with Crippen LogP contribution in [0.3, 0.4) is 0 Å². The number of likely N-dealkylation sites (tertiary alicyclic amines) is 2. The zero-order chi connectivity index (χ0) is 16.8. The van der Waals surface area contributed by atoms with E-state index in [0.29, 0.717) is 11.9 Å². The number of piperidine rings is 1. The Morgan fingerprint density at radius 1 is 0.667 bits per heavy atom. The molecule has 1 saturated carbocycles. The summed E-state index contributed by atoms with van der Waals surface area (Å²) in [4.78, 5) is 29.1. The maximum Gasteiger partial charge on any atom is 0.317 e. The highest BCUT2D eigenvalue weighted by atomic mass is 16.2. The fraction of sp³-hybridized carbons (Fsp3) is 0.895. The van der Waals surface area contributed by atoms with E-state index in [1.54, 1.807) is 0 Å². The number of carbonyl (C=O) groups is 2. The second-order valence-corrected chi connectivity index (χ2v) is 7.79. The van der Waals surface area contributed by atoms with E-state index in [-0.39, 0.29) is 11.9 Å². The average Bonchev–Trinajstić information content (AvgIpc) is 2.91. The zero-order valence-corrected chi connectivity index (χ0v) is 15.0. The molecule has 3 amide bonds. The molecule has 1 aliphatic carbocycles. The zero-order valence-electron chi connectivity index (χ0n) is 15.0. The van der Waals surface area contributed by atoms with Gasteiger partial charge >= 0.3 is 6.03 Å². The molecule has 0 aromatic heterocycles. The van der Waals surface area contributed by atoms with E-state index in [0.717, 1.165) is 64.7 Å². The molecule has 0 atom stereocenters. The number of carbonyl (C=O) groups excluding carboxylic acids is 2. The molecule has 3 aliphatic rings. The number of hydrogen-bond donors (Lipinski definition) is 1. The van der Waals surface area contributed by atoms with Gasteiger partial charge in [0.25, 0.3) is 0 Å². The Morgan fingerprint density at radius 2 is 1.25 bits per heavy atom. The van der Waals surface area contributed by atoms with Crippen LogP contribution in [0.2, 0.25) is 0 Å². The van der Waals surface area contributed by atoms with Crippen molar-refractivity contribution in [2.24, 2.45) is 5.92 Å². The van der Waals surface area contributed by atoms with Gasteiger partial charge < -0.3 is 15.1 Å². The van der Waals surface area contributed by atoms with E-state index in [1.165, 1.54) is 32.1 Å². The van der Waals surface area contributed by atoms with Crippen molar-refractivity contribution in [1.29, 1.82) is 0 Å². The molecular formula is C19H33N3O2. The lowest BCUT2D eigenvalue weighted by Gasteiger charge is -2.35. The smallest absolute Gasteiger partial charge is 0.317 e. The summed E-state index contributed by atoms with van der Waals surface area (Å²) < 4.78 is 0. The molecule has 0 aromatic carbocycles. The lowest BCUT2D eigenvalue weighted by Crippen LogP contribution is -2.50. The molecule has 0 bridgehead atoms. The topological polar surface area (TPSA) is 52.7 Å². The Balaban J connectivity index is 1.42. The van der Waals surface area contributed by atoms with Crippen molar-refractivity contribution in [1.82, 2.24) is 15.1 Å². The number of nitrogens with zero attached hydrogens (tertiary/aromatic N) is 2. The van der Waals surface area contributed by atoms with Gasteiger partial charge in [-0.3, -0.25) is 4.79 Å². The Kier molecular flexibility index (Phi) is 6.38. The molecule has 0 radical (unpaired) electrons. The van der Waals surface area contributed by atoms with Crippen molar-refractivity contribution < 1.29 is 9.59 Å². The van der Waals surface area contributed by atoms with Crippen LogP contribution >= 0.6 is 0 Å². The van der Waals surface area contributed by atoms with E-state index in [2.05, 4.69) is 10.2 Å². The van der Waals surface area contributed by atoms with Crippen LogP contribution in [0.25, 0.3) is 0 Å². The van der Waals surface area contributed by atoms with Crippen LogP contribution < -0.4 is 5.32 Å². The highest BCUT2D eigenvalue weighted by Crippen LogP contribution is 2.23. The third-order valence-corrected chi connectivity index (χ3v) is 5.98. The lowest BCUT2D eigenvalue weighted by atomic mass is 9.94. The van der Waals surface area contributed by atoms with Crippen LogP contribution in [-0.4, -0.2) is 54.0 Å². The van der Waals surface area contributed by atoms with Crippen molar-refractivity contribution in [3.05, 3.63) is 0 Å². The average molecular weight is 335 g/mol. The molecular weight excluding hydrogens is 302 g/mol. The van der Waals surface area contributed by atoms with Crippen LogP contribution in [0.1, 0.15) is 70.6 Å². The first-order valence-corrected chi connectivity index (χ1v) is 10.1. The predicted octanol–water partition coefficient (Wildman–Crippen LogP) is 3.14. The maximum atomic E-state index is 12.7. The number of amides is 3. The molecule has 5 heteroatoms. The molecule has 0 unspecified atom stereocenters. The molecule has 2 saturated heterocycles. The van der Waals surface area contributed by atoms with Gasteiger partial charge in [0.2, 0.25) is 5.91 Å². The van der Waals surface area contributed by atoms with Gasteiger partial charge in [-0.2, -0.15) is 0 Å². The van der Waals surface area contributed by atoms with Crippen molar-refractivity contribution >= 4 is 11.9 Å². The summed E-state index contributed by atoms with van der Waals surface area (Å²) >= 11 is 0. The summed E-state index contributed by atoms with van der Waals surface area (Å²) in [5.41, 5.74) is 0.